The monoisotopic (exact) mass is 483 g/mol. The number of aliphatic hydroxyl groups excluding tert-OH is 1. The van der Waals surface area contributed by atoms with E-state index in [1.54, 1.807) is 24.3 Å². The van der Waals surface area contributed by atoms with Gasteiger partial charge in [0.15, 0.2) is 11.0 Å². The molecular weight excluding hydrogens is 458 g/mol. The molecule has 0 aliphatic carbocycles. The molecule has 1 N–H and O–H groups in total. The van der Waals surface area contributed by atoms with Crippen molar-refractivity contribution in [1.29, 1.82) is 5.26 Å². The van der Waals surface area contributed by atoms with Crippen LogP contribution in [0.2, 0.25) is 5.02 Å². The van der Waals surface area contributed by atoms with Gasteiger partial charge in [-0.3, -0.25) is 9.47 Å². The van der Waals surface area contributed by atoms with Crippen LogP contribution in [0.3, 0.4) is 0 Å². The molecule has 0 bridgehead atoms. The minimum Gasteiger partial charge on any atom is -0.491 e. The first-order chi connectivity index (χ1) is 16.1. The number of ether oxygens (including phenoxy) is 1. The van der Waals surface area contributed by atoms with Crippen molar-refractivity contribution in [2.24, 2.45) is 0 Å². The number of hydrogen-bond donors (Lipinski definition) is 1. The van der Waals surface area contributed by atoms with Crippen molar-refractivity contribution in [2.45, 2.75) is 37.1 Å². The van der Waals surface area contributed by atoms with Crippen molar-refractivity contribution in [1.82, 2.24) is 19.7 Å². The largest absolute Gasteiger partial charge is 0.491 e. The third-order valence-corrected chi connectivity index (χ3v) is 6.76. The van der Waals surface area contributed by atoms with Crippen LogP contribution in [0.5, 0.6) is 5.75 Å². The molecule has 33 heavy (non-hydrogen) atoms. The average molecular weight is 484 g/mol. The molecule has 1 unspecified atom stereocenters. The van der Waals surface area contributed by atoms with Gasteiger partial charge in [0, 0.05) is 16.5 Å². The van der Waals surface area contributed by atoms with Gasteiger partial charge in [-0.2, -0.15) is 5.26 Å². The smallest absolute Gasteiger partial charge is 0.195 e. The molecule has 0 amide bonds. The van der Waals surface area contributed by atoms with Gasteiger partial charge in [-0.05, 0) is 74.5 Å². The standard InChI is InChI=1S/C24H26ClN5O2S/c25-19-6-8-20(9-7-19)30-23(15-29-12-2-1-3-13-29)27-28-24(30)33-17-21(31)16-32-22-10-4-18(14-26)5-11-22/h4-11,21,31H,1-3,12-13,15-17H2. The van der Waals surface area contributed by atoms with Gasteiger partial charge in [-0.15, -0.1) is 10.2 Å². The van der Waals surface area contributed by atoms with Crippen molar-refractivity contribution in [3.63, 3.8) is 0 Å². The fourth-order valence-corrected chi connectivity index (χ4v) is 4.70. The van der Waals surface area contributed by atoms with E-state index in [4.69, 9.17) is 21.6 Å². The van der Waals surface area contributed by atoms with Crippen LogP contribution in [0.4, 0.5) is 0 Å². The summed E-state index contributed by atoms with van der Waals surface area (Å²) >= 11 is 7.54. The molecule has 2 aromatic carbocycles. The van der Waals surface area contributed by atoms with Gasteiger partial charge in [0.1, 0.15) is 12.4 Å². The summed E-state index contributed by atoms with van der Waals surface area (Å²) in [5.41, 5.74) is 1.52. The third kappa shape index (κ3) is 6.49. The Morgan fingerprint density at radius 2 is 1.79 bits per heavy atom. The normalized spacial score (nSPS) is 15.2. The molecule has 0 saturated carbocycles. The molecule has 1 aliphatic rings. The molecule has 7 nitrogen and oxygen atoms in total. The number of thioether (sulfide) groups is 1. The molecule has 0 radical (unpaired) electrons. The number of nitrogens with zero attached hydrogens (tertiary/aromatic N) is 5. The fourth-order valence-electron chi connectivity index (χ4n) is 3.70. The number of halogens is 1. The predicted molar refractivity (Wildman–Crippen MR) is 129 cm³/mol. The molecular formula is C24H26ClN5O2S. The summed E-state index contributed by atoms with van der Waals surface area (Å²) in [7, 11) is 0. The first-order valence-corrected chi connectivity index (χ1v) is 12.3. The fraction of sp³-hybridized carbons (Fsp3) is 0.375. The van der Waals surface area contributed by atoms with Gasteiger partial charge < -0.3 is 9.84 Å². The number of rotatable bonds is 9. The van der Waals surface area contributed by atoms with Crippen LogP contribution < -0.4 is 4.74 Å². The molecule has 3 aromatic rings. The molecule has 1 fully saturated rings. The van der Waals surface area contributed by atoms with Crippen molar-refractivity contribution >= 4 is 23.4 Å². The van der Waals surface area contributed by atoms with E-state index in [2.05, 4.69) is 21.2 Å². The molecule has 172 valence electrons. The van der Waals surface area contributed by atoms with Crippen LogP contribution in [-0.4, -0.2) is 56.3 Å². The Balaban J connectivity index is 1.42. The summed E-state index contributed by atoms with van der Waals surface area (Å²) in [5.74, 6) is 1.90. The third-order valence-electron chi connectivity index (χ3n) is 5.43. The van der Waals surface area contributed by atoms with Crippen molar-refractivity contribution in [3.05, 3.63) is 64.9 Å². The van der Waals surface area contributed by atoms with Crippen molar-refractivity contribution in [2.75, 3.05) is 25.4 Å². The van der Waals surface area contributed by atoms with Crippen LogP contribution in [-0.2, 0) is 6.54 Å². The first kappa shape index (κ1) is 23.6. The van der Waals surface area contributed by atoms with E-state index in [0.29, 0.717) is 22.1 Å². The molecule has 4 rings (SSSR count). The van der Waals surface area contributed by atoms with Crippen LogP contribution in [0, 0.1) is 11.3 Å². The Bertz CT molecular complexity index is 1080. The zero-order valence-electron chi connectivity index (χ0n) is 18.2. The molecule has 9 heteroatoms. The number of aliphatic hydroxyl groups is 1. The molecule has 2 heterocycles. The zero-order chi connectivity index (χ0) is 23.0. The second-order valence-electron chi connectivity index (χ2n) is 7.96. The minimum absolute atomic E-state index is 0.147. The maximum atomic E-state index is 10.5. The topological polar surface area (TPSA) is 87.2 Å². The predicted octanol–water partition coefficient (Wildman–Crippen LogP) is 4.31. The number of likely N-dealkylation sites (tertiary alicyclic amines) is 1. The summed E-state index contributed by atoms with van der Waals surface area (Å²) < 4.78 is 7.70. The summed E-state index contributed by atoms with van der Waals surface area (Å²) in [6, 6.07) is 16.5. The molecule has 1 saturated heterocycles. The lowest BCUT2D eigenvalue weighted by Gasteiger charge is -2.26. The summed E-state index contributed by atoms with van der Waals surface area (Å²) in [6.07, 6.45) is 3.01. The van der Waals surface area contributed by atoms with Crippen LogP contribution >= 0.6 is 23.4 Å². The molecule has 1 atom stereocenters. The second kappa shape index (κ2) is 11.5. The highest BCUT2D eigenvalue weighted by atomic mass is 35.5. The van der Waals surface area contributed by atoms with E-state index in [9.17, 15) is 5.11 Å². The van der Waals surface area contributed by atoms with Crippen LogP contribution in [0.15, 0.2) is 53.7 Å². The number of benzene rings is 2. The summed E-state index contributed by atoms with van der Waals surface area (Å²) in [6.45, 7) is 3.03. The van der Waals surface area contributed by atoms with E-state index in [0.717, 1.165) is 36.3 Å². The van der Waals surface area contributed by atoms with Gasteiger partial charge >= 0.3 is 0 Å². The number of aromatic nitrogens is 3. The summed E-state index contributed by atoms with van der Waals surface area (Å²) in [5, 5.41) is 29.6. The lowest BCUT2D eigenvalue weighted by atomic mass is 10.1. The Morgan fingerprint density at radius 3 is 2.48 bits per heavy atom. The first-order valence-electron chi connectivity index (χ1n) is 11.0. The van der Waals surface area contributed by atoms with Crippen LogP contribution in [0.25, 0.3) is 5.69 Å². The van der Waals surface area contributed by atoms with Gasteiger partial charge in [0.2, 0.25) is 0 Å². The Hall–Kier alpha value is -2.57. The number of nitriles is 1. The average Bonchev–Trinajstić information content (AvgIpc) is 3.25. The number of piperidine rings is 1. The van der Waals surface area contributed by atoms with E-state index >= 15 is 0 Å². The molecule has 1 aliphatic heterocycles. The quantitative estimate of drug-likeness (QED) is 0.454. The maximum Gasteiger partial charge on any atom is 0.195 e. The Morgan fingerprint density at radius 1 is 1.06 bits per heavy atom. The second-order valence-corrected chi connectivity index (χ2v) is 9.38. The lowest BCUT2D eigenvalue weighted by molar-refractivity contribution is 0.126. The van der Waals surface area contributed by atoms with Crippen molar-refractivity contribution in [3.8, 4) is 17.5 Å². The van der Waals surface area contributed by atoms with Crippen LogP contribution in [0.1, 0.15) is 30.7 Å². The highest BCUT2D eigenvalue weighted by molar-refractivity contribution is 7.99. The van der Waals surface area contributed by atoms with Gasteiger partial charge in [-0.25, -0.2) is 0 Å². The Kier molecular flexibility index (Phi) is 8.24. The molecule has 1 aromatic heterocycles. The molecule has 0 spiro atoms. The number of hydrogen-bond acceptors (Lipinski definition) is 7. The lowest BCUT2D eigenvalue weighted by Crippen LogP contribution is -2.30. The van der Waals surface area contributed by atoms with Gasteiger partial charge in [0.25, 0.3) is 0 Å². The van der Waals surface area contributed by atoms with E-state index in [1.807, 2.05) is 28.8 Å². The van der Waals surface area contributed by atoms with E-state index in [-0.39, 0.29) is 6.61 Å². The maximum absolute atomic E-state index is 10.5. The highest BCUT2D eigenvalue weighted by Crippen LogP contribution is 2.25. The van der Waals surface area contributed by atoms with E-state index in [1.165, 1.54) is 31.0 Å². The zero-order valence-corrected chi connectivity index (χ0v) is 19.8. The van der Waals surface area contributed by atoms with Gasteiger partial charge in [-0.1, -0.05) is 29.8 Å². The van der Waals surface area contributed by atoms with Crippen molar-refractivity contribution < 1.29 is 9.84 Å². The SMILES string of the molecule is N#Cc1ccc(OCC(O)CSc2nnc(CN3CCCCC3)n2-c2ccc(Cl)cc2)cc1. The van der Waals surface area contributed by atoms with Gasteiger partial charge in [0.05, 0.1) is 24.3 Å². The Labute approximate surface area is 203 Å². The van der Waals surface area contributed by atoms with E-state index < -0.39 is 6.10 Å². The minimum atomic E-state index is -0.688. The summed E-state index contributed by atoms with van der Waals surface area (Å²) in [4.78, 5) is 2.41. The highest BCUT2D eigenvalue weighted by Gasteiger charge is 2.20.